The molecule has 27 heavy (non-hydrogen) atoms. The van der Waals surface area contributed by atoms with Gasteiger partial charge in [-0.2, -0.15) is 0 Å². The fourth-order valence-electron chi connectivity index (χ4n) is 2.43. The van der Waals surface area contributed by atoms with Gasteiger partial charge in [0, 0.05) is 17.9 Å². The van der Waals surface area contributed by atoms with Crippen LogP contribution in [0.2, 0.25) is 0 Å². The zero-order valence-corrected chi connectivity index (χ0v) is 15.8. The second-order valence-corrected chi connectivity index (χ2v) is 7.48. The quantitative estimate of drug-likeness (QED) is 0.749. The number of hydrogen-bond donors (Lipinski definition) is 1. The third-order valence-corrected chi connectivity index (χ3v) is 4.76. The number of carboxylic acids is 1. The van der Waals surface area contributed by atoms with Crippen LogP contribution in [0.4, 0.5) is 5.69 Å². The third-order valence-electron chi connectivity index (χ3n) is 3.60. The number of sulfone groups is 1. The van der Waals surface area contributed by atoms with Gasteiger partial charge < -0.3 is 24.7 Å². The molecule has 0 aliphatic heterocycles. The van der Waals surface area contributed by atoms with Crippen molar-refractivity contribution in [1.82, 2.24) is 0 Å². The van der Waals surface area contributed by atoms with Crippen molar-refractivity contribution in [2.24, 2.45) is 0 Å². The molecule has 0 atom stereocenters. The van der Waals surface area contributed by atoms with Crippen LogP contribution >= 0.6 is 0 Å². The standard InChI is InChI=1S/C18H19NO7S/c1-4-26-15-10-13(12(18(21)22)9-14(15)25-2)19-17(20)11-7-5-6-8-16(11)27(3,23)24/h5-10H,4H2,1-3H3,(H,19,20)(H,21,22)/p-1. The van der Waals surface area contributed by atoms with Gasteiger partial charge in [-0.05, 0) is 25.1 Å². The van der Waals surface area contributed by atoms with Crippen LogP contribution in [0.3, 0.4) is 0 Å². The largest absolute Gasteiger partial charge is 0.545 e. The van der Waals surface area contributed by atoms with Crippen LogP contribution in [0.15, 0.2) is 41.3 Å². The first-order valence-corrected chi connectivity index (χ1v) is 9.74. The van der Waals surface area contributed by atoms with E-state index in [-0.39, 0.29) is 39.8 Å². The third kappa shape index (κ3) is 4.56. The van der Waals surface area contributed by atoms with E-state index in [4.69, 9.17) is 9.47 Å². The van der Waals surface area contributed by atoms with Gasteiger partial charge in [0.2, 0.25) is 0 Å². The van der Waals surface area contributed by atoms with E-state index in [1.807, 2.05) is 0 Å². The Morgan fingerprint density at radius 3 is 2.33 bits per heavy atom. The van der Waals surface area contributed by atoms with Crippen LogP contribution in [-0.4, -0.2) is 40.3 Å². The molecular weight excluding hydrogens is 374 g/mol. The molecule has 2 rings (SSSR count). The Balaban J connectivity index is 2.52. The maximum atomic E-state index is 12.6. The predicted octanol–water partition coefficient (Wildman–Crippen LogP) is 1.11. The van der Waals surface area contributed by atoms with E-state index in [9.17, 15) is 23.1 Å². The van der Waals surface area contributed by atoms with Crippen LogP contribution in [0.5, 0.6) is 11.5 Å². The van der Waals surface area contributed by atoms with E-state index in [1.165, 1.54) is 43.5 Å². The number of methoxy groups -OCH3 is 1. The molecule has 0 aliphatic carbocycles. The maximum absolute atomic E-state index is 12.6. The highest BCUT2D eigenvalue weighted by molar-refractivity contribution is 7.90. The van der Waals surface area contributed by atoms with Crippen molar-refractivity contribution in [3.8, 4) is 11.5 Å². The Hall–Kier alpha value is -3.07. The Morgan fingerprint density at radius 2 is 1.78 bits per heavy atom. The molecule has 0 fully saturated rings. The smallest absolute Gasteiger partial charge is 0.257 e. The first-order chi connectivity index (χ1) is 12.7. The minimum atomic E-state index is -3.66. The van der Waals surface area contributed by atoms with Gasteiger partial charge in [-0.3, -0.25) is 4.79 Å². The fourth-order valence-corrected chi connectivity index (χ4v) is 3.31. The van der Waals surface area contributed by atoms with Gasteiger partial charge in [0.1, 0.15) is 0 Å². The lowest BCUT2D eigenvalue weighted by molar-refractivity contribution is -0.254. The summed E-state index contributed by atoms with van der Waals surface area (Å²) >= 11 is 0. The number of rotatable bonds is 7. The second kappa shape index (κ2) is 8.09. The van der Waals surface area contributed by atoms with Crippen molar-refractivity contribution in [3.05, 3.63) is 47.5 Å². The number of nitrogens with one attached hydrogen (secondary N) is 1. The van der Waals surface area contributed by atoms with Crippen molar-refractivity contribution >= 4 is 27.4 Å². The summed E-state index contributed by atoms with van der Waals surface area (Å²) in [4.78, 5) is 23.9. The van der Waals surface area contributed by atoms with Crippen molar-refractivity contribution in [2.75, 3.05) is 25.3 Å². The molecule has 1 N–H and O–H groups in total. The molecule has 1 amide bonds. The highest BCUT2D eigenvalue weighted by Crippen LogP contribution is 2.34. The van der Waals surface area contributed by atoms with E-state index in [0.717, 1.165) is 6.26 Å². The molecule has 0 unspecified atom stereocenters. The lowest BCUT2D eigenvalue weighted by Crippen LogP contribution is -2.25. The van der Waals surface area contributed by atoms with E-state index in [0.29, 0.717) is 0 Å². The van der Waals surface area contributed by atoms with Gasteiger partial charge in [0.15, 0.2) is 21.3 Å². The molecule has 2 aromatic carbocycles. The Morgan fingerprint density at radius 1 is 1.11 bits per heavy atom. The van der Waals surface area contributed by atoms with Gasteiger partial charge in [0.05, 0.1) is 35.8 Å². The highest BCUT2D eigenvalue weighted by atomic mass is 32.2. The van der Waals surface area contributed by atoms with Crippen LogP contribution in [-0.2, 0) is 9.84 Å². The Labute approximate surface area is 156 Å². The zero-order valence-electron chi connectivity index (χ0n) is 14.9. The molecule has 2 aromatic rings. The number of aromatic carboxylic acids is 1. The number of hydrogen-bond acceptors (Lipinski definition) is 7. The Bertz CT molecular complexity index is 983. The lowest BCUT2D eigenvalue weighted by Gasteiger charge is -2.17. The van der Waals surface area contributed by atoms with E-state index in [2.05, 4.69) is 5.32 Å². The topological polar surface area (TPSA) is 122 Å². The number of carbonyl (C=O) groups excluding carboxylic acids is 2. The van der Waals surface area contributed by atoms with E-state index in [1.54, 1.807) is 6.92 Å². The van der Waals surface area contributed by atoms with Gasteiger partial charge >= 0.3 is 0 Å². The molecule has 9 heteroatoms. The molecule has 144 valence electrons. The van der Waals surface area contributed by atoms with Crippen molar-refractivity contribution in [3.63, 3.8) is 0 Å². The summed E-state index contributed by atoms with van der Waals surface area (Å²) in [7, 11) is -2.31. The molecule has 0 saturated carbocycles. The lowest BCUT2D eigenvalue weighted by atomic mass is 10.1. The minimum absolute atomic E-state index is 0.104. The van der Waals surface area contributed by atoms with Crippen LogP contribution < -0.4 is 19.9 Å². The molecular formula is C18H18NO7S-. The fraction of sp³-hybridized carbons (Fsp3) is 0.222. The van der Waals surface area contributed by atoms with Crippen LogP contribution in [0.1, 0.15) is 27.6 Å². The number of carboxylic acid groups (broad SMARTS) is 1. The van der Waals surface area contributed by atoms with Crippen molar-refractivity contribution in [1.29, 1.82) is 0 Å². The summed E-state index contributed by atoms with van der Waals surface area (Å²) < 4.78 is 34.2. The first-order valence-electron chi connectivity index (χ1n) is 7.85. The molecule has 0 spiro atoms. The molecule has 8 nitrogen and oxygen atoms in total. The number of carbonyl (C=O) groups is 2. The van der Waals surface area contributed by atoms with E-state index >= 15 is 0 Å². The van der Waals surface area contributed by atoms with Gasteiger partial charge in [-0.15, -0.1) is 0 Å². The molecule has 0 aromatic heterocycles. The van der Waals surface area contributed by atoms with Gasteiger partial charge in [0.25, 0.3) is 5.91 Å². The predicted molar refractivity (Wildman–Crippen MR) is 96.0 cm³/mol. The summed E-state index contributed by atoms with van der Waals surface area (Å²) in [6.45, 7) is 2.01. The zero-order chi connectivity index (χ0) is 20.2. The average molecular weight is 392 g/mol. The maximum Gasteiger partial charge on any atom is 0.257 e. The minimum Gasteiger partial charge on any atom is -0.545 e. The van der Waals surface area contributed by atoms with Crippen molar-refractivity contribution < 1.29 is 32.6 Å². The van der Waals surface area contributed by atoms with Gasteiger partial charge in [-0.25, -0.2) is 8.42 Å². The normalized spacial score (nSPS) is 10.9. The number of benzene rings is 2. The van der Waals surface area contributed by atoms with Gasteiger partial charge in [-0.1, -0.05) is 12.1 Å². The summed E-state index contributed by atoms with van der Waals surface area (Å²) in [6, 6.07) is 8.07. The highest BCUT2D eigenvalue weighted by Gasteiger charge is 2.20. The molecule has 0 saturated heterocycles. The molecule has 0 radical (unpaired) electrons. The van der Waals surface area contributed by atoms with Crippen LogP contribution in [0, 0.1) is 0 Å². The second-order valence-electron chi connectivity index (χ2n) is 5.49. The monoisotopic (exact) mass is 392 g/mol. The molecule has 0 aliphatic rings. The summed E-state index contributed by atoms with van der Waals surface area (Å²) in [5, 5.41) is 13.9. The Kier molecular flexibility index (Phi) is 6.06. The summed E-state index contributed by atoms with van der Waals surface area (Å²) in [6.07, 6.45) is 0.978. The number of anilines is 1. The average Bonchev–Trinajstić information content (AvgIpc) is 2.61. The summed E-state index contributed by atoms with van der Waals surface area (Å²) in [5.74, 6) is -1.95. The first kappa shape index (κ1) is 20.2. The SMILES string of the molecule is CCOc1cc(NC(=O)c2ccccc2S(C)(=O)=O)c(C(=O)[O-])cc1OC. The van der Waals surface area contributed by atoms with Crippen LogP contribution in [0.25, 0.3) is 0 Å². The van der Waals surface area contributed by atoms with E-state index < -0.39 is 21.7 Å². The molecule has 0 bridgehead atoms. The number of ether oxygens (including phenoxy) is 2. The number of amides is 1. The molecule has 0 heterocycles. The van der Waals surface area contributed by atoms with Crippen molar-refractivity contribution in [2.45, 2.75) is 11.8 Å². The summed E-state index contributed by atoms with van der Waals surface area (Å²) in [5.41, 5.74) is -0.550.